The van der Waals surface area contributed by atoms with Crippen molar-refractivity contribution >= 4 is 49.4 Å². The fourth-order valence-electron chi connectivity index (χ4n) is 1.57. The van der Waals surface area contributed by atoms with Gasteiger partial charge >= 0.3 is 0 Å². The van der Waals surface area contributed by atoms with Crippen molar-refractivity contribution in [3.8, 4) is 0 Å². The zero-order valence-corrected chi connectivity index (χ0v) is 11.2. The highest BCUT2D eigenvalue weighted by Gasteiger charge is 2.12. The van der Waals surface area contributed by atoms with Crippen LogP contribution in [0.3, 0.4) is 0 Å². The zero-order chi connectivity index (χ0) is 10.3. The summed E-state index contributed by atoms with van der Waals surface area (Å²) in [7, 11) is 0. The van der Waals surface area contributed by atoms with Gasteiger partial charge in [0.1, 0.15) is 0 Å². The number of fused-ring (bicyclic) bond motifs is 1. The van der Waals surface area contributed by atoms with Gasteiger partial charge in [0, 0.05) is 5.39 Å². The Morgan fingerprint density at radius 3 is 2.86 bits per heavy atom. The van der Waals surface area contributed by atoms with Crippen molar-refractivity contribution in [2.75, 3.05) is 0 Å². The van der Waals surface area contributed by atoms with E-state index in [4.69, 9.17) is 0 Å². The lowest BCUT2D eigenvalue weighted by molar-refractivity contribution is 0.630. The van der Waals surface area contributed by atoms with Gasteiger partial charge < -0.3 is 4.98 Å². The number of hydrogen-bond donors (Lipinski definition) is 1. The third-order valence-electron chi connectivity index (χ3n) is 2.27. The number of aryl methyl sites for hydroxylation is 1. The van der Waals surface area contributed by atoms with E-state index in [0.717, 1.165) is 15.5 Å². The van der Waals surface area contributed by atoms with Crippen LogP contribution < -0.4 is 0 Å². The van der Waals surface area contributed by atoms with Crippen LogP contribution in [0.5, 0.6) is 0 Å². The van der Waals surface area contributed by atoms with Gasteiger partial charge in [-0.05, 0) is 56.6 Å². The van der Waals surface area contributed by atoms with E-state index in [-0.39, 0.29) is 5.82 Å². The van der Waals surface area contributed by atoms with Crippen LogP contribution >= 0.6 is 38.5 Å². The van der Waals surface area contributed by atoms with Crippen molar-refractivity contribution in [3.05, 3.63) is 31.7 Å². The second kappa shape index (κ2) is 3.81. The average molecular weight is 368 g/mol. The minimum Gasteiger partial charge on any atom is -0.347 e. The fraction of sp³-hybridized carbons (Fsp3) is 0.200. The summed E-state index contributed by atoms with van der Waals surface area (Å²) in [5.74, 6) is -0.208. The molecule has 2 rings (SSSR count). The molecule has 14 heavy (non-hydrogen) atoms. The first-order valence-corrected chi connectivity index (χ1v) is 6.16. The van der Waals surface area contributed by atoms with Crippen molar-refractivity contribution < 1.29 is 4.39 Å². The number of aromatic amines is 1. The molecular weight excluding hydrogens is 360 g/mol. The van der Waals surface area contributed by atoms with E-state index in [1.807, 2.05) is 6.07 Å². The van der Waals surface area contributed by atoms with Crippen LogP contribution in [0, 0.1) is 9.52 Å². The van der Waals surface area contributed by atoms with Gasteiger partial charge in [0.25, 0.3) is 0 Å². The molecule has 0 fully saturated rings. The Balaban J connectivity index is 2.87. The highest BCUT2D eigenvalue weighted by Crippen LogP contribution is 2.29. The summed E-state index contributed by atoms with van der Waals surface area (Å²) in [4.78, 5) is 3.07. The molecule has 1 N–H and O–H groups in total. The van der Waals surface area contributed by atoms with Crippen LogP contribution in [0.2, 0.25) is 0 Å². The van der Waals surface area contributed by atoms with E-state index < -0.39 is 0 Å². The van der Waals surface area contributed by atoms with Crippen molar-refractivity contribution in [1.29, 1.82) is 0 Å². The Kier molecular flexibility index (Phi) is 2.83. The maximum absolute atomic E-state index is 13.6. The molecule has 0 aliphatic heterocycles. The third-order valence-corrected chi connectivity index (χ3v) is 3.81. The Morgan fingerprint density at radius 2 is 2.21 bits per heavy atom. The number of H-pyrrole nitrogens is 1. The van der Waals surface area contributed by atoms with Crippen LogP contribution in [0.25, 0.3) is 10.9 Å². The van der Waals surface area contributed by atoms with E-state index in [9.17, 15) is 4.39 Å². The smallest absolute Gasteiger partial charge is 0.161 e. The second-order valence-corrected chi connectivity index (χ2v) is 4.99. The topological polar surface area (TPSA) is 15.8 Å². The highest BCUT2D eigenvalue weighted by atomic mass is 127. The number of rotatable bonds is 1. The minimum absolute atomic E-state index is 0.208. The predicted octanol–water partition coefficient (Wildman–Crippen LogP) is 4.24. The molecule has 1 heterocycles. The van der Waals surface area contributed by atoms with Crippen LogP contribution in [-0.2, 0) is 6.42 Å². The van der Waals surface area contributed by atoms with Gasteiger partial charge in [-0.25, -0.2) is 4.39 Å². The van der Waals surface area contributed by atoms with Crippen LogP contribution in [0.15, 0.2) is 16.6 Å². The minimum atomic E-state index is -0.208. The zero-order valence-electron chi connectivity index (χ0n) is 7.50. The summed E-state index contributed by atoms with van der Waals surface area (Å²) in [5, 5.41) is 0.984. The molecule has 0 amide bonds. The van der Waals surface area contributed by atoms with Crippen molar-refractivity contribution in [2.45, 2.75) is 13.3 Å². The first-order valence-electron chi connectivity index (χ1n) is 4.29. The van der Waals surface area contributed by atoms with Crippen LogP contribution in [0.1, 0.15) is 12.5 Å². The molecule has 0 spiro atoms. The Labute approximate surface area is 103 Å². The summed E-state index contributed by atoms with van der Waals surface area (Å²) < 4.78 is 15.2. The van der Waals surface area contributed by atoms with Gasteiger partial charge in [-0.1, -0.05) is 13.0 Å². The van der Waals surface area contributed by atoms with Crippen LogP contribution in [-0.4, -0.2) is 4.98 Å². The molecule has 74 valence electrons. The molecule has 4 heteroatoms. The molecule has 0 saturated heterocycles. The molecule has 0 bridgehead atoms. The molecule has 1 nitrogen and oxygen atoms in total. The Morgan fingerprint density at radius 1 is 1.50 bits per heavy atom. The number of halogens is 3. The highest BCUT2D eigenvalue weighted by molar-refractivity contribution is 14.1. The molecular formula is C10H8BrFIN. The number of benzene rings is 1. The lowest BCUT2D eigenvalue weighted by atomic mass is 10.1. The molecule has 0 unspecified atom stereocenters. The monoisotopic (exact) mass is 367 g/mol. The normalized spacial score (nSPS) is 11.1. The molecule has 0 aliphatic carbocycles. The first-order chi connectivity index (χ1) is 6.65. The van der Waals surface area contributed by atoms with E-state index in [1.165, 1.54) is 5.56 Å². The van der Waals surface area contributed by atoms with Gasteiger partial charge in [0.05, 0.1) is 13.7 Å². The van der Waals surface area contributed by atoms with Gasteiger partial charge in [0.2, 0.25) is 0 Å². The van der Waals surface area contributed by atoms with Gasteiger partial charge in [0.15, 0.2) is 5.82 Å². The van der Waals surface area contributed by atoms with E-state index >= 15 is 0 Å². The van der Waals surface area contributed by atoms with Crippen LogP contribution in [0.4, 0.5) is 4.39 Å². The standard InChI is InChI=1S/C10H8BrFIN/c1-2-5-6-3-4-7(11)8(12)9(6)14-10(5)13/h3-4,14H,2H2,1H3. The predicted molar refractivity (Wildman–Crippen MR) is 68.1 cm³/mol. The summed E-state index contributed by atoms with van der Waals surface area (Å²) >= 11 is 5.38. The fourth-order valence-corrected chi connectivity index (χ4v) is 2.85. The van der Waals surface area contributed by atoms with E-state index in [2.05, 4.69) is 50.4 Å². The molecule has 0 aliphatic rings. The maximum atomic E-state index is 13.6. The molecule has 0 saturated carbocycles. The Bertz CT molecular complexity index is 492. The Hall–Kier alpha value is -0.100. The summed E-state index contributed by atoms with van der Waals surface area (Å²) in [6.45, 7) is 2.07. The largest absolute Gasteiger partial charge is 0.347 e. The summed E-state index contributed by atoms with van der Waals surface area (Å²) in [6, 6.07) is 3.70. The SMILES string of the molecule is CCc1c(I)[nH]c2c(F)c(Br)ccc12. The molecule has 1 aromatic carbocycles. The number of nitrogens with one attached hydrogen (secondary N) is 1. The third kappa shape index (κ3) is 1.48. The van der Waals surface area contributed by atoms with Gasteiger partial charge in [-0.3, -0.25) is 0 Å². The molecule has 0 radical (unpaired) electrons. The van der Waals surface area contributed by atoms with E-state index in [0.29, 0.717) is 9.99 Å². The maximum Gasteiger partial charge on any atom is 0.161 e. The average Bonchev–Trinajstić information content (AvgIpc) is 2.49. The van der Waals surface area contributed by atoms with Crippen molar-refractivity contribution in [1.82, 2.24) is 4.98 Å². The second-order valence-electron chi connectivity index (χ2n) is 3.06. The summed E-state index contributed by atoms with van der Waals surface area (Å²) in [5.41, 5.74) is 1.78. The van der Waals surface area contributed by atoms with Crippen molar-refractivity contribution in [3.63, 3.8) is 0 Å². The lowest BCUT2D eigenvalue weighted by Crippen LogP contribution is -1.81. The van der Waals surface area contributed by atoms with E-state index in [1.54, 1.807) is 6.07 Å². The lowest BCUT2D eigenvalue weighted by Gasteiger charge is -1.97. The summed E-state index contributed by atoms with van der Waals surface area (Å²) in [6.07, 6.45) is 0.916. The molecule has 0 atom stereocenters. The first kappa shape index (κ1) is 10.4. The molecule has 2 aromatic rings. The quantitative estimate of drug-likeness (QED) is 0.726. The number of hydrogen-bond acceptors (Lipinski definition) is 0. The number of aromatic nitrogens is 1. The molecule has 1 aromatic heterocycles. The van der Waals surface area contributed by atoms with Crippen molar-refractivity contribution in [2.24, 2.45) is 0 Å². The van der Waals surface area contributed by atoms with Gasteiger partial charge in [-0.15, -0.1) is 0 Å². The van der Waals surface area contributed by atoms with Gasteiger partial charge in [-0.2, -0.15) is 0 Å².